The summed E-state index contributed by atoms with van der Waals surface area (Å²) < 4.78 is 0. The molecule has 1 fully saturated rings. The van der Waals surface area contributed by atoms with E-state index in [1.165, 1.54) is 0 Å². The smallest absolute Gasteiger partial charge is 0.224 e. The van der Waals surface area contributed by atoms with Gasteiger partial charge in [-0.1, -0.05) is 0 Å². The van der Waals surface area contributed by atoms with Crippen LogP contribution in [-0.4, -0.2) is 48.0 Å². The van der Waals surface area contributed by atoms with Gasteiger partial charge in [0.05, 0.1) is 24.7 Å². The predicted octanol–water partition coefficient (Wildman–Crippen LogP) is -1.15. The molecule has 5 heteroatoms. The fourth-order valence-corrected chi connectivity index (χ4v) is 1.60. The van der Waals surface area contributed by atoms with E-state index in [1.807, 2.05) is 0 Å². The van der Waals surface area contributed by atoms with Crippen LogP contribution in [-0.2, 0) is 4.79 Å². The maximum absolute atomic E-state index is 11.8. The van der Waals surface area contributed by atoms with E-state index in [0.29, 0.717) is 6.54 Å². The molecule has 1 atom stereocenters. The number of carbonyl (C=O) groups is 1. The Balaban J connectivity index is 2.46. The van der Waals surface area contributed by atoms with Gasteiger partial charge >= 0.3 is 0 Å². The van der Waals surface area contributed by atoms with E-state index >= 15 is 0 Å². The van der Waals surface area contributed by atoms with E-state index in [1.54, 1.807) is 6.92 Å². The standard InChI is InChI=1S/C10H20N2O3/c1-10(6-13,7-14)12-9(15)8-3-2-4-11-5-8/h8,11,13-14H,2-7H2,1H3,(H,12,15). The molecule has 4 N–H and O–H groups in total. The van der Waals surface area contributed by atoms with Crippen molar-refractivity contribution < 1.29 is 15.0 Å². The van der Waals surface area contributed by atoms with Crippen molar-refractivity contribution in [3.63, 3.8) is 0 Å². The van der Waals surface area contributed by atoms with E-state index in [-0.39, 0.29) is 25.0 Å². The summed E-state index contributed by atoms with van der Waals surface area (Å²) in [6, 6.07) is 0. The Labute approximate surface area is 89.9 Å². The Bertz CT molecular complexity index is 211. The van der Waals surface area contributed by atoms with Crippen LogP contribution in [0, 0.1) is 5.92 Å². The third kappa shape index (κ3) is 3.44. The lowest BCUT2D eigenvalue weighted by Gasteiger charge is -2.30. The molecule has 0 radical (unpaired) electrons. The second-order valence-electron chi connectivity index (χ2n) is 4.41. The first-order valence-electron chi connectivity index (χ1n) is 5.36. The van der Waals surface area contributed by atoms with Crippen LogP contribution in [0.3, 0.4) is 0 Å². The number of amides is 1. The number of hydrogen-bond donors (Lipinski definition) is 4. The van der Waals surface area contributed by atoms with Gasteiger partial charge in [-0.15, -0.1) is 0 Å². The van der Waals surface area contributed by atoms with Crippen LogP contribution in [0.15, 0.2) is 0 Å². The van der Waals surface area contributed by atoms with E-state index in [9.17, 15) is 4.79 Å². The quantitative estimate of drug-likeness (QED) is 0.478. The van der Waals surface area contributed by atoms with E-state index in [2.05, 4.69) is 10.6 Å². The lowest BCUT2D eigenvalue weighted by molar-refractivity contribution is -0.128. The fraction of sp³-hybridized carbons (Fsp3) is 0.900. The minimum Gasteiger partial charge on any atom is -0.394 e. The molecule has 0 saturated carbocycles. The Hall–Kier alpha value is -0.650. The summed E-state index contributed by atoms with van der Waals surface area (Å²) in [4.78, 5) is 11.8. The average Bonchev–Trinajstić information content (AvgIpc) is 2.30. The molecule has 0 aliphatic carbocycles. The van der Waals surface area contributed by atoms with Crippen LogP contribution in [0.25, 0.3) is 0 Å². The number of carbonyl (C=O) groups excluding carboxylic acids is 1. The summed E-state index contributed by atoms with van der Waals surface area (Å²) in [6.45, 7) is 2.76. The molecule has 0 aromatic heterocycles. The van der Waals surface area contributed by atoms with Gasteiger partial charge in [0.2, 0.25) is 5.91 Å². The van der Waals surface area contributed by atoms with Gasteiger partial charge in [0.15, 0.2) is 0 Å². The highest BCUT2D eigenvalue weighted by Gasteiger charge is 2.29. The van der Waals surface area contributed by atoms with E-state index in [4.69, 9.17) is 10.2 Å². The van der Waals surface area contributed by atoms with Crippen molar-refractivity contribution in [2.45, 2.75) is 25.3 Å². The number of rotatable bonds is 4. The maximum atomic E-state index is 11.8. The third-order valence-corrected chi connectivity index (χ3v) is 2.79. The lowest BCUT2D eigenvalue weighted by atomic mass is 9.96. The zero-order valence-corrected chi connectivity index (χ0v) is 9.12. The molecular formula is C10H20N2O3. The summed E-state index contributed by atoms with van der Waals surface area (Å²) in [6.07, 6.45) is 1.86. The van der Waals surface area contributed by atoms with Crippen molar-refractivity contribution in [3.05, 3.63) is 0 Å². The van der Waals surface area contributed by atoms with Gasteiger partial charge in [0.1, 0.15) is 0 Å². The highest BCUT2D eigenvalue weighted by molar-refractivity contribution is 5.79. The molecule has 1 aliphatic rings. The number of hydrogen-bond acceptors (Lipinski definition) is 4. The van der Waals surface area contributed by atoms with Crippen LogP contribution in [0.2, 0.25) is 0 Å². The average molecular weight is 216 g/mol. The van der Waals surface area contributed by atoms with Crippen LogP contribution < -0.4 is 10.6 Å². The SMILES string of the molecule is CC(CO)(CO)NC(=O)C1CCCNC1. The molecule has 0 spiro atoms. The number of aliphatic hydroxyl groups is 2. The van der Waals surface area contributed by atoms with Gasteiger partial charge in [-0.25, -0.2) is 0 Å². The molecule has 1 amide bonds. The maximum Gasteiger partial charge on any atom is 0.224 e. The van der Waals surface area contributed by atoms with Crippen molar-refractivity contribution >= 4 is 5.91 Å². The first-order chi connectivity index (χ1) is 7.11. The van der Waals surface area contributed by atoms with Crippen molar-refractivity contribution in [2.24, 2.45) is 5.92 Å². The first-order valence-corrected chi connectivity index (χ1v) is 5.36. The fourth-order valence-electron chi connectivity index (χ4n) is 1.60. The van der Waals surface area contributed by atoms with Crippen molar-refractivity contribution in [2.75, 3.05) is 26.3 Å². The number of nitrogens with one attached hydrogen (secondary N) is 2. The molecule has 5 nitrogen and oxygen atoms in total. The lowest BCUT2D eigenvalue weighted by Crippen LogP contribution is -2.55. The Morgan fingerprint density at radius 1 is 1.53 bits per heavy atom. The van der Waals surface area contributed by atoms with Crippen LogP contribution >= 0.6 is 0 Å². The summed E-state index contributed by atoms with van der Waals surface area (Å²) in [5, 5.41) is 23.9. The molecule has 1 aliphatic heterocycles. The van der Waals surface area contributed by atoms with E-state index in [0.717, 1.165) is 19.4 Å². The monoisotopic (exact) mass is 216 g/mol. The van der Waals surface area contributed by atoms with E-state index < -0.39 is 5.54 Å². The molecule has 0 aromatic rings. The van der Waals surface area contributed by atoms with Crippen molar-refractivity contribution in [1.82, 2.24) is 10.6 Å². The Morgan fingerprint density at radius 2 is 2.20 bits per heavy atom. The third-order valence-electron chi connectivity index (χ3n) is 2.79. The minimum absolute atomic E-state index is 0.0452. The zero-order valence-electron chi connectivity index (χ0n) is 9.12. The van der Waals surface area contributed by atoms with Crippen LogP contribution in [0.4, 0.5) is 0 Å². The molecule has 1 unspecified atom stereocenters. The normalized spacial score (nSPS) is 22.5. The summed E-state index contributed by atoms with van der Waals surface area (Å²) >= 11 is 0. The van der Waals surface area contributed by atoms with Crippen LogP contribution in [0.1, 0.15) is 19.8 Å². The van der Waals surface area contributed by atoms with Crippen molar-refractivity contribution in [3.8, 4) is 0 Å². The Kier molecular flexibility index (Phi) is 4.50. The van der Waals surface area contributed by atoms with Gasteiger partial charge < -0.3 is 20.8 Å². The second kappa shape index (κ2) is 5.44. The molecule has 88 valence electrons. The number of aliphatic hydroxyl groups excluding tert-OH is 2. The molecule has 1 heterocycles. The van der Waals surface area contributed by atoms with Crippen molar-refractivity contribution in [1.29, 1.82) is 0 Å². The molecule has 1 rings (SSSR count). The molecule has 0 bridgehead atoms. The summed E-state index contributed by atoms with van der Waals surface area (Å²) in [5.74, 6) is -0.135. The molecule has 1 saturated heterocycles. The van der Waals surface area contributed by atoms with Crippen LogP contribution in [0.5, 0.6) is 0 Å². The van der Waals surface area contributed by atoms with Gasteiger partial charge in [-0.3, -0.25) is 4.79 Å². The molecule has 15 heavy (non-hydrogen) atoms. The van der Waals surface area contributed by atoms with Gasteiger partial charge in [-0.05, 0) is 26.3 Å². The summed E-state index contributed by atoms with van der Waals surface area (Å²) in [7, 11) is 0. The largest absolute Gasteiger partial charge is 0.394 e. The highest BCUT2D eigenvalue weighted by atomic mass is 16.3. The van der Waals surface area contributed by atoms with Gasteiger partial charge in [0.25, 0.3) is 0 Å². The zero-order chi connectivity index (χ0) is 11.3. The topological polar surface area (TPSA) is 81.6 Å². The molecule has 0 aromatic carbocycles. The summed E-state index contributed by atoms with van der Waals surface area (Å²) in [5.41, 5.74) is -0.908. The highest BCUT2D eigenvalue weighted by Crippen LogP contribution is 2.12. The minimum atomic E-state index is -0.908. The van der Waals surface area contributed by atoms with Gasteiger partial charge in [-0.2, -0.15) is 0 Å². The Morgan fingerprint density at radius 3 is 2.67 bits per heavy atom. The number of piperidine rings is 1. The predicted molar refractivity (Wildman–Crippen MR) is 56.3 cm³/mol. The molecular weight excluding hydrogens is 196 g/mol. The second-order valence-corrected chi connectivity index (χ2v) is 4.41. The van der Waals surface area contributed by atoms with Gasteiger partial charge in [0, 0.05) is 6.54 Å². The first kappa shape index (κ1) is 12.4.